The number of rotatable bonds is 10. The predicted octanol–water partition coefficient (Wildman–Crippen LogP) is 11.2. The molecular weight excluding hydrogens is 562 g/mol. The van der Waals surface area contributed by atoms with E-state index in [9.17, 15) is 9.59 Å². The van der Waals surface area contributed by atoms with E-state index in [2.05, 4.69) is 107 Å². The summed E-state index contributed by atoms with van der Waals surface area (Å²) >= 11 is 0. The van der Waals surface area contributed by atoms with Crippen molar-refractivity contribution in [3.63, 3.8) is 0 Å². The van der Waals surface area contributed by atoms with Crippen LogP contribution >= 0.6 is 0 Å². The highest BCUT2D eigenvalue weighted by Crippen LogP contribution is 2.38. The van der Waals surface area contributed by atoms with Crippen molar-refractivity contribution in [2.75, 3.05) is 5.32 Å². The zero-order valence-corrected chi connectivity index (χ0v) is 28.5. The van der Waals surface area contributed by atoms with E-state index >= 15 is 0 Å². The third kappa shape index (κ3) is 8.31. The monoisotopic (exact) mass is 611 g/mol. The van der Waals surface area contributed by atoms with Crippen LogP contribution < -0.4 is 5.32 Å². The highest BCUT2D eigenvalue weighted by molar-refractivity contribution is 5.97. The van der Waals surface area contributed by atoms with Crippen LogP contribution in [-0.2, 0) is 16.6 Å². The highest BCUT2D eigenvalue weighted by Gasteiger charge is 2.24. The van der Waals surface area contributed by atoms with Gasteiger partial charge in [0.2, 0.25) is 5.91 Å². The number of ketones is 1. The van der Waals surface area contributed by atoms with E-state index in [1.165, 1.54) is 23.1 Å². The number of hydrogen-bond acceptors (Lipinski definition) is 2. The van der Waals surface area contributed by atoms with Gasteiger partial charge in [0, 0.05) is 17.7 Å². The summed E-state index contributed by atoms with van der Waals surface area (Å²) in [7, 11) is 0. The predicted molar refractivity (Wildman–Crippen MR) is 193 cm³/mol. The molecule has 46 heavy (non-hydrogen) atoms. The van der Waals surface area contributed by atoms with Gasteiger partial charge in [-0.2, -0.15) is 0 Å². The Bertz CT molecular complexity index is 1670. The molecule has 238 valence electrons. The molecule has 1 aliphatic rings. The summed E-state index contributed by atoms with van der Waals surface area (Å²) in [5, 5.41) is 3.20. The Kier molecular flexibility index (Phi) is 10.1. The van der Waals surface area contributed by atoms with E-state index in [0.717, 1.165) is 52.8 Å². The summed E-state index contributed by atoms with van der Waals surface area (Å²) in [5.74, 6) is -0.275. The van der Waals surface area contributed by atoms with Crippen molar-refractivity contribution in [3.8, 4) is 11.1 Å². The number of hydrogen-bond donors (Lipinski definition) is 1. The van der Waals surface area contributed by atoms with Crippen LogP contribution in [0, 0.1) is 5.41 Å². The van der Waals surface area contributed by atoms with Crippen LogP contribution in [0.1, 0.15) is 112 Å². The Morgan fingerprint density at radius 3 is 1.91 bits per heavy atom. The van der Waals surface area contributed by atoms with Crippen LogP contribution in [0.25, 0.3) is 16.7 Å². The molecule has 0 fully saturated rings. The number of carbonyl (C=O) groups is 2. The second-order valence-corrected chi connectivity index (χ2v) is 14.7. The van der Waals surface area contributed by atoms with Gasteiger partial charge >= 0.3 is 0 Å². The van der Waals surface area contributed by atoms with E-state index in [-0.39, 0.29) is 17.1 Å². The largest absolute Gasteiger partial charge is 0.326 e. The summed E-state index contributed by atoms with van der Waals surface area (Å²) in [6.07, 6.45) is 7.65. The molecule has 0 aliphatic heterocycles. The first kappa shape index (κ1) is 33.1. The topological polar surface area (TPSA) is 46.2 Å². The van der Waals surface area contributed by atoms with E-state index in [0.29, 0.717) is 18.3 Å². The van der Waals surface area contributed by atoms with Crippen LogP contribution in [-0.4, -0.2) is 11.7 Å². The highest BCUT2D eigenvalue weighted by atomic mass is 16.2. The molecule has 0 saturated carbocycles. The minimum atomic E-state index is -0.391. The quantitative estimate of drug-likeness (QED) is 0.181. The van der Waals surface area contributed by atoms with Crippen molar-refractivity contribution in [1.29, 1.82) is 0 Å². The molecule has 4 aromatic rings. The fraction of sp³-hybridized carbons (Fsp3) is 0.349. The van der Waals surface area contributed by atoms with E-state index in [1.54, 1.807) is 0 Å². The first-order chi connectivity index (χ1) is 21.9. The fourth-order valence-electron chi connectivity index (χ4n) is 6.20. The average Bonchev–Trinajstić information content (AvgIpc) is 3.04. The van der Waals surface area contributed by atoms with Gasteiger partial charge in [-0.3, -0.25) is 9.59 Å². The minimum Gasteiger partial charge on any atom is -0.326 e. The molecule has 1 atom stereocenters. The zero-order chi connectivity index (χ0) is 32.9. The summed E-state index contributed by atoms with van der Waals surface area (Å²) in [6.45, 7) is 13.3. The second kappa shape index (κ2) is 14.0. The number of Topliss-reactive ketones (excluding diaryl/α,β-unsaturated/α-hetero) is 1. The smallest absolute Gasteiger partial charge is 0.232 e. The number of anilines is 1. The lowest BCUT2D eigenvalue weighted by molar-refractivity contribution is -0.117. The normalized spacial score (nSPS) is 15.1. The molecule has 5 rings (SSSR count). The Morgan fingerprint density at radius 1 is 0.783 bits per heavy atom. The Labute approximate surface area is 276 Å². The molecule has 1 amide bonds. The van der Waals surface area contributed by atoms with Gasteiger partial charge in [0.15, 0.2) is 5.78 Å². The average molecular weight is 612 g/mol. The molecule has 3 heteroatoms. The molecule has 4 aromatic carbocycles. The lowest BCUT2D eigenvalue weighted by Gasteiger charge is -2.28. The van der Waals surface area contributed by atoms with E-state index < -0.39 is 5.92 Å². The van der Waals surface area contributed by atoms with Crippen LogP contribution in [0.2, 0.25) is 0 Å². The summed E-state index contributed by atoms with van der Waals surface area (Å²) in [5.41, 5.74) is 10.2. The Hall–Kier alpha value is -4.24. The third-order valence-electron chi connectivity index (χ3n) is 9.40. The molecule has 0 spiro atoms. The molecule has 1 N–H and O–H groups in total. The molecule has 0 heterocycles. The molecule has 0 aromatic heterocycles. The van der Waals surface area contributed by atoms with Crippen molar-refractivity contribution < 1.29 is 9.59 Å². The van der Waals surface area contributed by atoms with Crippen LogP contribution in [0.15, 0.2) is 103 Å². The second-order valence-electron chi connectivity index (χ2n) is 14.7. The number of benzene rings is 4. The minimum absolute atomic E-state index is 0.0419. The van der Waals surface area contributed by atoms with Gasteiger partial charge in [0.25, 0.3) is 0 Å². The maximum absolute atomic E-state index is 13.9. The Balaban J connectivity index is 1.37. The first-order valence-electron chi connectivity index (χ1n) is 16.9. The summed E-state index contributed by atoms with van der Waals surface area (Å²) in [6, 6.07) is 33.2. The van der Waals surface area contributed by atoms with Crippen molar-refractivity contribution >= 4 is 23.0 Å². The van der Waals surface area contributed by atoms with Gasteiger partial charge in [0.1, 0.15) is 0 Å². The molecular formula is C43H49NO2. The number of nitrogens with one attached hydrogen (secondary N) is 1. The van der Waals surface area contributed by atoms with Crippen LogP contribution in [0.4, 0.5) is 5.69 Å². The van der Waals surface area contributed by atoms with E-state index in [1.807, 2.05) is 43.3 Å². The van der Waals surface area contributed by atoms with Crippen LogP contribution in [0.3, 0.4) is 0 Å². The van der Waals surface area contributed by atoms with Gasteiger partial charge in [-0.15, -0.1) is 0 Å². The van der Waals surface area contributed by atoms with Gasteiger partial charge in [0.05, 0.1) is 5.92 Å². The molecule has 0 radical (unpaired) electrons. The number of allylic oxidation sites excluding steroid dienone is 2. The first-order valence-corrected chi connectivity index (χ1v) is 16.9. The van der Waals surface area contributed by atoms with Crippen molar-refractivity contribution in [1.82, 2.24) is 0 Å². The van der Waals surface area contributed by atoms with Gasteiger partial charge in [-0.25, -0.2) is 0 Å². The van der Waals surface area contributed by atoms with Crippen molar-refractivity contribution in [3.05, 3.63) is 131 Å². The third-order valence-corrected chi connectivity index (χ3v) is 9.40. The standard InChI is InChI=1S/C43H49NO2/c1-7-8-40(45)36-11-9-30(10-12-36)29-39(35-15-13-31(14-16-35)32-17-21-37(22-18-32)42(2,3)4)41(46)44-38-23-19-33(20-24-38)34-25-27-43(5,6)28-26-34/h9-25,39H,7-8,26-29H2,1-6H3,(H,44,46)/t39-/m1/s1. The molecule has 0 saturated heterocycles. The van der Waals surface area contributed by atoms with Gasteiger partial charge in [-0.1, -0.05) is 133 Å². The number of carbonyl (C=O) groups excluding carboxylic acids is 2. The maximum Gasteiger partial charge on any atom is 0.232 e. The molecule has 0 bridgehead atoms. The van der Waals surface area contributed by atoms with Gasteiger partial charge < -0.3 is 5.32 Å². The molecule has 1 aliphatic carbocycles. The summed E-state index contributed by atoms with van der Waals surface area (Å²) in [4.78, 5) is 26.4. The molecule has 0 unspecified atom stereocenters. The van der Waals surface area contributed by atoms with Crippen molar-refractivity contribution in [2.45, 2.75) is 91.4 Å². The SMILES string of the molecule is CCCC(=O)c1ccc(C[C@@H](C(=O)Nc2ccc(C3=CCC(C)(C)CC3)cc2)c2ccc(-c3ccc(C(C)(C)C)cc3)cc2)cc1. The van der Waals surface area contributed by atoms with E-state index in [4.69, 9.17) is 0 Å². The van der Waals surface area contributed by atoms with Crippen molar-refractivity contribution in [2.24, 2.45) is 5.41 Å². The fourth-order valence-corrected chi connectivity index (χ4v) is 6.20. The lowest BCUT2D eigenvalue weighted by Crippen LogP contribution is -2.23. The lowest BCUT2D eigenvalue weighted by atomic mass is 9.77. The van der Waals surface area contributed by atoms with Crippen LogP contribution in [0.5, 0.6) is 0 Å². The maximum atomic E-state index is 13.9. The van der Waals surface area contributed by atoms with Gasteiger partial charge in [-0.05, 0) is 94.0 Å². The Morgan fingerprint density at radius 2 is 1.37 bits per heavy atom. The number of amides is 1. The summed E-state index contributed by atoms with van der Waals surface area (Å²) < 4.78 is 0. The zero-order valence-electron chi connectivity index (χ0n) is 28.5. The molecule has 3 nitrogen and oxygen atoms in total.